The van der Waals surface area contributed by atoms with E-state index < -0.39 is 9.84 Å². The normalized spacial score (nSPS) is 17.8. The first-order valence-electron chi connectivity index (χ1n) is 7.25. The molecule has 0 aliphatic heterocycles. The Balaban J connectivity index is 1.96. The average molecular weight is 317 g/mol. The highest BCUT2D eigenvalue weighted by Crippen LogP contribution is 2.34. The largest absolute Gasteiger partial charge is 0.399 e. The van der Waals surface area contributed by atoms with Crippen LogP contribution >= 0.6 is 0 Å². The summed E-state index contributed by atoms with van der Waals surface area (Å²) < 4.78 is 23.8. The Morgan fingerprint density at radius 1 is 1.32 bits per heavy atom. The molecule has 0 saturated heterocycles. The van der Waals surface area contributed by atoms with Gasteiger partial charge in [-0.05, 0) is 54.7 Å². The summed E-state index contributed by atoms with van der Waals surface area (Å²) in [4.78, 5) is 4.45. The molecule has 1 aliphatic carbocycles. The molecule has 3 rings (SSSR count). The first kappa shape index (κ1) is 14.8. The molecule has 1 atom stereocenters. The van der Waals surface area contributed by atoms with Crippen LogP contribution in [0.25, 0.3) is 0 Å². The number of nitrogens with two attached hydrogens (primary N) is 1. The number of nitrogens with one attached hydrogen (secondary N) is 1. The minimum atomic E-state index is -3.31. The summed E-state index contributed by atoms with van der Waals surface area (Å²) in [7, 11) is -3.31. The van der Waals surface area contributed by atoms with Crippen molar-refractivity contribution in [2.75, 3.05) is 17.3 Å². The third kappa shape index (κ3) is 2.92. The monoisotopic (exact) mass is 317 g/mol. The fourth-order valence-corrected chi connectivity index (χ4v) is 3.74. The van der Waals surface area contributed by atoms with Gasteiger partial charge in [-0.1, -0.05) is 6.07 Å². The lowest BCUT2D eigenvalue weighted by atomic mass is 9.87. The second kappa shape index (κ2) is 5.61. The number of aryl methyl sites for hydroxylation is 1. The van der Waals surface area contributed by atoms with Crippen molar-refractivity contribution in [3.8, 4) is 0 Å². The number of nitrogen functional groups attached to an aromatic ring is 1. The van der Waals surface area contributed by atoms with E-state index >= 15 is 0 Å². The molecule has 1 aromatic heterocycles. The van der Waals surface area contributed by atoms with Gasteiger partial charge in [-0.25, -0.2) is 13.4 Å². The molecule has 1 aliphatic rings. The van der Waals surface area contributed by atoms with Crippen molar-refractivity contribution in [2.24, 2.45) is 0 Å². The van der Waals surface area contributed by atoms with Crippen molar-refractivity contribution in [3.63, 3.8) is 0 Å². The summed E-state index contributed by atoms with van der Waals surface area (Å²) >= 11 is 0. The van der Waals surface area contributed by atoms with Gasteiger partial charge < -0.3 is 11.1 Å². The highest BCUT2D eigenvalue weighted by molar-refractivity contribution is 7.90. The third-order valence-electron chi connectivity index (χ3n) is 3.96. The number of nitrogens with zero attached hydrogens (tertiary/aromatic N) is 1. The van der Waals surface area contributed by atoms with Gasteiger partial charge in [0.05, 0.1) is 6.04 Å². The molecular formula is C16H19N3O2S. The average Bonchev–Trinajstić information content (AvgIpc) is 2.46. The van der Waals surface area contributed by atoms with E-state index in [1.165, 1.54) is 17.4 Å². The smallest absolute Gasteiger partial charge is 0.179 e. The van der Waals surface area contributed by atoms with Crippen LogP contribution in [0.5, 0.6) is 0 Å². The Hall–Kier alpha value is -2.08. The zero-order valence-corrected chi connectivity index (χ0v) is 13.2. The molecule has 1 heterocycles. The first-order chi connectivity index (χ1) is 10.4. The van der Waals surface area contributed by atoms with Gasteiger partial charge in [0.1, 0.15) is 10.7 Å². The van der Waals surface area contributed by atoms with Gasteiger partial charge in [0.2, 0.25) is 0 Å². The lowest BCUT2D eigenvalue weighted by Gasteiger charge is -2.27. The minimum absolute atomic E-state index is 0.0553. The summed E-state index contributed by atoms with van der Waals surface area (Å²) in [6.07, 6.45) is 5.78. The van der Waals surface area contributed by atoms with Crippen molar-refractivity contribution < 1.29 is 8.42 Å². The highest BCUT2D eigenvalue weighted by Gasteiger charge is 2.23. The number of benzene rings is 1. The molecule has 1 aromatic carbocycles. The third-order valence-corrected chi connectivity index (χ3v) is 5.09. The lowest BCUT2D eigenvalue weighted by molar-refractivity contribution is 0.592. The SMILES string of the molecule is CS(=O)(=O)c1cccnc1NC1CCCc2cc(N)ccc21. The maximum absolute atomic E-state index is 11.9. The van der Waals surface area contributed by atoms with Gasteiger partial charge in [-0.15, -0.1) is 0 Å². The zero-order chi connectivity index (χ0) is 15.7. The van der Waals surface area contributed by atoms with Crippen LogP contribution in [0.3, 0.4) is 0 Å². The van der Waals surface area contributed by atoms with Crippen molar-refractivity contribution in [1.29, 1.82) is 0 Å². The molecule has 3 N–H and O–H groups in total. The minimum Gasteiger partial charge on any atom is -0.399 e. The highest BCUT2D eigenvalue weighted by atomic mass is 32.2. The van der Waals surface area contributed by atoms with Crippen LogP contribution in [0.15, 0.2) is 41.4 Å². The second-order valence-corrected chi connectivity index (χ2v) is 7.65. The van der Waals surface area contributed by atoms with E-state index in [0.717, 1.165) is 24.9 Å². The molecule has 2 aromatic rings. The van der Waals surface area contributed by atoms with E-state index in [1.807, 2.05) is 18.2 Å². The summed E-state index contributed by atoms with van der Waals surface area (Å²) in [6, 6.07) is 9.17. The summed E-state index contributed by atoms with van der Waals surface area (Å²) in [5, 5.41) is 3.30. The zero-order valence-electron chi connectivity index (χ0n) is 12.4. The topological polar surface area (TPSA) is 85.1 Å². The Bertz CT molecular complexity index is 803. The summed E-state index contributed by atoms with van der Waals surface area (Å²) in [6.45, 7) is 0. The molecule has 1 unspecified atom stereocenters. The number of hydrogen-bond donors (Lipinski definition) is 2. The molecule has 116 valence electrons. The predicted octanol–water partition coefficient (Wildman–Crippen LogP) is 2.56. The van der Waals surface area contributed by atoms with E-state index in [1.54, 1.807) is 18.3 Å². The fourth-order valence-electron chi connectivity index (χ4n) is 2.95. The van der Waals surface area contributed by atoms with Crippen LogP contribution in [-0.2, 0) is 16.3 Å². The molecular weight excluding hydrogens is 298 g/mol. The summed E-state index contributed by atoms with van der Waals surface area (Å²) in [5.41, 5.74) is 9.00. The van der Waals surface area contributed by atoms with E-state index in [4.69, 9.17) is 5.73 Å². The number of rotatable bonds is 3. The summed E-state index contributed by atoms with van der Waals surface area (Å²) in [5.74, 6) is 0.416. The van der Waals surface area contributed by atoms with Crippen molar-refractivity contribution in [2.45, 2.75) is 30.2 Å². The Labute approximate surface area is 130 Å². The van der Waals surface area contributed by atoms with E-state index in [-0.39, 0.29) is 10.9 Å². The lowest BCUT2D eigenvalue weighted by Crippen LogP contribution is -2.19. The number of hydrogen-bond acceptors (Lipinski definition) is 5. The van der Waals surface area contributed by atoms with Crippen LogP contribution in [0.4, 0.5) is 11.5 Å². The number of anilines is 2. The quantitative estimate of drug-likeness (QED) is 0.850. The van der Waals surface area contributed by atoms with E-state index in [2.05, 4.69) is 10.3 Å². The maximum Gasteiger partial charge on any atom is 0.179 e. The van der Waals surface area contributed by atoms with Gasteiger partial charge in [0.25, 0.3) is 0 Å². The van der Waals surface area contributed by atoms with Crippen LogP contribution < -0.4 is 11.1 Å². The van der Waals surface area contributed by atoms with E-state index in [0.29, 0.717) is 5.82 Å². The molecule has 6 heteroatoms. The Kier molecular flexibility index (Phi) is 3.78. The Morgan fingerprint density at radius 2 is 2.14 bits per heavy atom. The Morgan fingerprint density at radius 3 is 2.91 bits per heavy atom. The van der Waals surface area contributed by atoms with Crippen molar-refractivity contribution in [1.82, 2.24) is 4.98 Å². The number of fused-ring (bicyclic) bond motifs is 1. The molecule has 0 bridgehead atoms. The molecule has 0 radical (unpaired) electrons. The molecule has 0 spiro atoms. The number of sulfone groups is 1. The van der Waals surface area contributed by atoms with Crippen molar-refractivity contribution >= 4 is 21.3 Å². The van der Waals surface area contributed by atoms with Gasteiger partial charge in [-0.2, -0.15) is 0 Å². The van der Waals surface area contributed by atoms with Crippen molar-refractivity contribution in [3.05, 3.63) is 47.7 Å². The second-order valence-electron chi connectivity index (χ2n) is 5.67. The van der Waals surface area contributed by atoms with Crippen LogP contribution in [-0.4, -0.2) is 19.7 Å². The van der Waals surface area contributed by atoms with Crippen LogP contribution in [0.2, 0.25) is 0 Å². The van der Waals surface area contributed by atoms with Gasteiger partial charge >= 0.3 is 0 Å². The first-order valence-corrected chi connectivity index (χ1v) is 9.14. The fraction of sp³-hybridized carbons (Fsp3) is 0.312. The van der Waals surface area contributed by atoms with Crippen LogP contribution in [0, 0.1) is 0 Å². The van der Waals surface area contributed by atoms with Gasteiger partial charge in [0.15, 0.2) is 9.84 Å². The predicted molar refractivity (Wildman–Crippen MR) is 87.5 cm³/mol. The molecule has 0 fully saturated rings. The standard InChI is InChI=1S/C16H19N3O2S/c1-22(20,21)15-6-3-9-18-16(15)19-14-5-2-4-11-10-12(17)7-8-13(11)14/h3,6-10,14H,2,4-5,17H2,1H3,(H,18,19). The molecule has 0 amide bonds. The maximum atomic E-state index is 11.9. The molecule has 22 heavy (non-hydrogen) atoms. The number of aromatic nitrogens is 1. The van der Waals surface area contributed by atoms with Gasteiger partial charge in [0, 0.05) is 18.1 Å². The van der Waals surface area contributed by atoms with E-state index in [9.17, 15) is 8.42 Å². The van der Waals surface area contributed by atoms with Gasteiger partial charge in [-0.3, -0.25) is 0 Å². The number of pyridine rings is 1. The molecule has 0 saturated carbocycles. The van der Waals surface area contributed by atoms with Crippen LogP contribution in [0.1, 0.15) is 30.0 Å². The molecule has 5 nitrogen and oxygen atoms in total.